The van der Waals surface area contributed by atoms with E-state index in [-0.39, 0.29) is 6.04 Å². The van der Waals surface area contributed by atoms with Crippen molar-refractivity contribution in [2.24, 2.45) is 7.05 Å². The van der Waals surface area contributed by atoms with Crippen LogP contribution < -0.4 is 5.32 Å². The number of phenols is 1. The van der Waals surface area contributed by atoms with Crippen molar-refractivity contribution in [1.29, 1.82) is 0 Å². The summed E-state index contributed by atoms with van der Waals surface area (Å²) in [6, 6.07) is 11.8. The van der Waals surface area contributed by atoms with Crippen molar-refractivity contribution in [1.82, 2.24) is 20.1 Å². The summed E-state index contributed by atoms with van der Waals surface area (Å²) in [5, 5.41) is 23.1. The maximum Gasteiger partial charge on any atom is 0.149 e. The average molecular weight is 282 g/mol. The van der Waals surface area contributed by atoms with Crippen molar-refractivity contribution in [2.75, 3.05) is 0 Å². The van der Waals surface area contributed by atoms with E-state index in [4.69, 9.17) is 0 Å². The third kappa shape index (κ3) is 2.87. The second-order valence-electron chi connectivity index (χ2n) is 5.27. The molecule has 0 saturated carbocycles. The summed E-state index contributed by atoms with van der Waals surface area (Å²) in [4.78, 5) is 0. The number of aryl methyl sites for hydroxylation is 1. The van der Waals surface area contributed by atoms with Crippen molar-refractivity contribution in [3.63, 3.8) is 0 Å². The molecular formula is C16H18N4O. The van der Waals surface area contributed by atoms with E-state index in [1.165, 1.54) is 5.56 Å². The Kier molecular flexibility index (Phi) is 3.58. The lowest BCUT2D eigenvalue weighted by Crippen LogP contribution is -2.21. The molecule has 1 aromatic heterocycles. The highest BCUT2D eigenvalue weighted by Gasteiger charge is 2.10. The van der Waals surface area contributed by atoms with Gasteiger partial charge in [0.25, 0.3) is 0 Å². The van der Waals surface area contributed by atoms with Gasteiger partial charge < -0.3 is 15.0 Å². The molecule has 1 unspecified atom stereocenters. The van der Waals surface area contributed by atoms with Gasteiger partial charge in [0.05, 0.1) is 6.04 Å². The van der Waals surface area contributed by atoms with Crippen LogP contribution in [0.4, 0.5) is 0 Å². The van der Waals surface area contributed by atoms with E-state index in [9.17, 15) is 5.11 Å². The minimum atomic E-state index is 0.132. The van der Waals surface area contributed by atoms with Crippen LogP contribution >= 0.6 is 0 Å². The number of hydrogen-bond donors (Lipinski definition) is 2. The zero-order valence-electron chi connectivity index (χ0n) is 12.1. The summed E-state index contributed by atoms with van der Waals surface area (Å²) in [7, 11) is 1.94. The number of phenolic OH excluding ortho intramolecular Hbond substituents is 1. The van der Waals surface area contributed by atoms with Crippen molar-refractivity contribution < 1.29 is 5.11 Å². The fourth-order valence-corrected chi connectivity index (χ4v) is 2.44. The van der Waals surface area contributed by atoms with Gasteiger partial charge in [0.1, 0.15) is 17.9 Å². The number of fused-ring (bicyclic) bond motifs is 1. The third-order valence-corrected chi connectivity index (χ3v) is 3.63. The third-order valence-electron chi connectivity index (χ3n) is 3.63. The molecule has 0 aliphatic rings. The molecule has 2 N–H and O–H groups in total. The van der Waals surface area contributed by atoms with Crippen molar-refractivity contribution in [3.8, 4) is 5.75 Å². The van der Waals surface area contributed by atoms with Crippen LogP contribution in [0.3, 0.4) is 0 Å². The maximum atomic E-state index is 9.48. The van der Waals surface area contributed by atoms with E-state index in [0.717, 1.165) is 23.1 Å². The van der Waals surface area contributed by atoms with E-state index in [1.54, 1.807) is 18.5 Å². The minimum Gasteiger partial charge on any atom is -0.508 e. The summed E-state index contributed by atoms with van der Waals surface area (Å²) in [6.07, 6.45) is 1.70. The molecule has 108 valence electrons. The monoisotopic (exact) mass is 282 g/mol. The van der Waals surface area contributed by atoms with Crippen LogP contribution in [0.2, 0.25) is 0 Å². The highest BCUT2D eigenvalue weighted by molar-refractivity contribution is 5.84. The van der Waals surface area contributed by atoms with E-state index in [1.807, 2.05) is 23.7 Å². The molecule has 2 aromatic carbocycles. The minimum absolute atomic E-state index is 0.132. The number of aromatic nitrogens is 3. The number of nitrogens with zero attached hydrogens (tertiary/aromatic N) is 3. The van der Waals surface area contributed by atoms with Gasteiger partial charge >= 0.3 is 0 Å². The number of hydrogen-bond acceptors (Lipinski definition) is 4. The van der Waals surface area contributed by atoms with E-state index >= 15 is 0 Å². The van der Waals surface area contributed by atoms with Gasteiger partial charge in [-0.1, -0.05) is 18.2 Å². The normalized spacial score (nSPS) is 12.7. The Morgan fingerprint density at radius 2 is 1.95 bits per heavy atom. The van der Waals surface area contributed by atoms with Crippen LogP contribution in [0.5, 0.6) is 5.75 Å². The molecular weight excluding hydrogens is 264 g/mol. The van der Waals surface area contributed by atoms with Gasteiger partial charge in [-0.3, -0.25) is 0 Å². The zero-order chi connectivity index (χ0) is 14.8. The second kappa shape index (κ2) is 5.54. The first-order chi connectivity index (χ1) is 10.1. The molecule has 0 spiro atoms. The Morgan fingerprint density at radius 3 is 2.71 bits per heavy atom. The number of benzene rings is 2. The molecule has 1 atom stereocenters. The standard InChI is InChI=1S/C16H18N4O/c1-11(16-19-18-10-20(16)2)17-9-12-3-4-14-8-15(21)6-5-13(14)7-12/h3-8,10-11,17,21H,9H2,1-2H3. The van der Waals surface area contributed by atoms with Crippen LogP contribution in [-0.4, -0.2) is 19.9 Å². The number of nitrogens with one attached hydrogen (secondary N) is 1. The molecule has 3 aromatic rings. The summed E-state index contributed by atoms with van der Waals surface area (Å²) in [5.41, 5.74) is 1.20. The summed E-state index contributed by atoms with van der Waals surface area (Å²) in [6.45, 7) is 2.83. The van der Waals surface area contributed by atoms with Gasteiger partial charge in [0, 0.05) is 13.6 Å². The predicted molar refractivity (Wildman–Crippen MR) is 81.9 cm³/mol. The smallest absolute Gasteiger partial charge is 0.149 e. The average Bonchev–Trinajstić information content (AvgIpc) is 2.91. The first-order valence-electron chi connectivity index (χ1n) is 6.92. The lowest BCUT2D eigenvalue weighted by Gasteiger charge is -2.13. The second-order valence-corrected chi connectivity index (χ2v) is 5.27. The van der Waals surface area contributed by atoms with Crippen molar-refractivity contribution >= 4 is 10.8 Å². The van der Waals surface area contributed by atoms with E-state index < -0.39 is 0 Å². The fraction of sp³-hybridized carbons (Fsp3) is 0.250. The van der Waals surface area contributed by atoms with Crippen LogP contribution in [0.1, 0.15) is 24.4 Å². The van der Waals surface area contributed by atoms with E-state index in [0.29, 0.717) is 5.75 Å². The summed E-state index contributed by atoms with van der Waals surface area (Å²) in [5.74, 6) is 1.21. The molecule has 0 bridgehead atoms. The molecule has 3 rings (SSSR count). The lowest BCUT2D eigenvalue weighted by atomic mass is 10.1. The molecule has 0 saturated heterocycles. The van der Waals surface area contributed by atoms with Gasteiger partial charge in [-0.15, -0.1) is 10.2 Å². The first-order valence-corrected chi connectivity index (χ1v) is 6.92. The van der Waals surface area contributed by atoms with Crippen molar-refractivity contribution in [3.05, 3.63) is 54.1 Å². The maximum absolute atomic E-state index is 9.48. The molecule has 0 aliphatic heterocycles. The van der Waals surface area contributed by atoms with Crippen LogP contribution in [-0.2, 0) is 13.6 Å². The highest BCUT2D eigenvalue weighted by atomic mass is 16.3. The highest BCUT2D eigenvalue weighted by Crippen LogP contribution is 2.21. The van der Waals surface area contributed by atoms with Gasteiger partial charge in [0.15, 0.2) is 0 Å². The molecule has 0 amide bonds. The van der Waals surface area contributed by atoms with Gasteiger partial charge in [0.2, 0.25) is 0 Å². The van der Waals surface area contributed by atoms with Crippen LogP contribution in [0.25, 0.3) is 10.8 Å². The Labute approximate surface area is 123 Å². The summed E-state index contributed by atoms with van der Waals surface area (Å²) < 4.78 is 1.92. The summed E-state index contributed by atoms with van der Waals surface area (Å²) >= 11 is 0. The van der Waals surface area contributed by atoms with Crippen molar-refractivity contribution in [2.45, 2.75) is 19.5 Å². The Morgan fingerprint density at radius 1 is 1.19 bits per heavy atom. The quantitative estimate of drug-likeness (QED) is 0.772. The zero-order valence-corrected chi connectivity index (χ0v) is 12.1. The first kappa shape index (κ1) is 13.6. The van der Waals surface area contributed by atoms with Crippen LogP contribution in [0.15, 0.2) is 42.7 Å². The molecule has 1 heterocycles. The Balaban J connectivity index is 1.73. The molecule has 5 heteroatoms. The number of aromatic hydroxyl groups is 1. The van der Waals surface area contributed by atoms with Crippen LogP contribution in [0, 0.1) is 0 Å². The predicted octanol–water partition coefficient (Wildman–Crippen LogP) is 2.52. The SMILES string of the molecule is CC(NCc1ccc2cc(O)ccc2c1)c1nncn1C. The van der Waals surface area contributed by atoms with Gasteiger partial charge in [-0.25, -0.2) is 0 Å². The lowest BCUT2D eigenvalue weighted by molar-refractivity contribution is 0.476. The fourth-order valence-electron chi connectivity index (χ4n) is 2.44. The Hall–Kier alpha value is -2.40. The molecule has 0 radical (unpaired) electrons. The van der Waals surface area contributed by atoms with E-state index in [2.05, 4.69) is 34.6 Å². The molecule has 5 nitrogen and oxygen atoms in total. The van der Waals surface area contributed by atoms with Gasteiger partial charge in [-0.05, 0) is 41.5 Å². The largest absolute Gasteiger partial charge is 0.508 e. The topological polar surface area (TPSA) is 63.0 Å². The molecule has 0 fully saturated rings. The molecule has 21 heavy (non-hydrogen) atoms. The van der Waals surface area contributed by atoms with Gasteiger partial charge in [-0.2, -0.15) is 0 Å². The molecule has 0 aliphatic carbocycles. The number of rotatable bonds is 4. The Bertz CT molecular complexity index is 766.